The van der Waals surface area contributed by atoms with Crippen LogP contribution in [-0.2, 0) is 9.53 Å². The van der Waals surface area contributed by atoms with Crippen molar-refractivity contribution < 1.29 is 18.7 Å². The first kappa shape index (κ1) is 13.9. The van der Waals surface area contributed by atoms with E-state index in [1.165, 1.54) is 20.1 Å². The van der Waals surface area contributed by atoms with E-state index >= 15 is 0 Å². The van der Waals surface area contributed by atoms with Gasteiger partial charge >= 0.3 is 5.97 Å². The minimum atomic E-state index is -0.673. The maximum Gasteiger partial charge on any atom is 0.337 e. The van der Waals surface area contributed by atoms with E-state index in [-0.39, 0.29) is 28.2 Å². The van der Waals surface area contributed by atoms with E-state index in [4.69, 9.17) is 5.73 Å². The lowest BCUT2D eigenvalue weighted by Crippen LogP contribution is -2.08. The van der Waals surface area contributed by atoms with Gasteiger partial charge in [-0.3, -0.25) is 4.79 Å². The second-order valence-electron chi connectivity index (χ2n) is 3.83. The Morgan fingerprint density at radius 2 is 1.72 bits per heavy atom. The molecule has 0 aliphatic rings. The lowest BCUT2D eigenvalue weighted by molar-refractivity contribution is -0.111. The van der Waals surface area contributed by atoms with Crippen LogP contribution < -0.4 is 5.73 Å². The van der Waals surface area contributed by atoms with Crippen LogP contribution in [0.5, 0.6) is 0 Å². The standard InChI is InChI=1S/C13H14FNO3/c1-7(15)12(8(2)16)9-4-10(13(17)18-3)6-11(14)5-9/h4-6H,15H2,1-3H3/b12-7+. The Labute approximate surface area is 104 Å². The summed E-state index contributed by atoms with van der Waals surface area (Å²) < 4.78 is 17.9. The number of ketones is 1. The fraction of sp³-hybridized carbons (Fsp3) is 0.231. The zero-order valence-electron chi connectivity index (χ0n) is 10.4. The monoisotopic (exact) mass is 251 g/mol. The molecule has 0 atom stereocenters. The van der Waals surface area contributed by atoms with Gasteiger partial charge in [0, 0.05) is 11.3 Å². The number of Topliss-reactive ketones (excluding diaryl/α,β-unsaturated/α-hetero) is 1. The van der Waals surface area contributed by atoms with Crippen molar-refractivity contribution in [3.63, 3.8) is 0 Å². The second kappa shape index (κ2) is 5.44. The highest BCUT2D eigenvalue weighted by atomic mass is 19.1. The second-order valence-corrected chi connectivity index (χ2v) is 3.83. The molecular weight excluding hydrogens is 237 g/mol. The summed E-state index contributed by atoms with van der Waals surface area (Å²) in [6, 6.07) is 3.57. The largest absolute Gasteiger partial charge is 0.465 e. The lowest BCUT2D eigenvalue weighted by atomic mass is 9.98. The maximum absolute atomic E-state index is 13.4. The first-order valence-electron chi connectivity index (χ1n) is 5.23. The van der Waals surface area contributed by atoms with Crippen LogP contribution in [0.25, 0.3) is 5.57 Å². The Kier molecular flexibility index (Phi) is 4.20. The molecule has 1 aromatic rings. The number of methoxy groups -OCH3 is 1. The molecule has 4 nitrogen and oxygen atoms in total. The van der Waals surface area contributed by atoms with Crippen molar-refractivity contribution in [2.45, 2.75) is 13.8 Å². The molecule has 0 saturated heterocycles. The summed E-state index contributed by atoms with van der Waals surface area (Å²) in [6.07, 6.45) is 0. The van der Waals surface area contributed by atoms with Crippen molar-refractivity contribution in [1.29, 1.82) is 0 Å². The lowest BCUT2D eigenvalue weighted by Gasteiger charge is -2.08. The Morgan fingerprint density at radius 1 is 1.17 bits per heavy atom. The molecule has 0 aromatic heterocycles. The summed E-state index contributed by atoms with van der Waals surface area (Å²) in [5.41, 5.74) is 6.36. The third-order valence-corrected chi connectivity index (χ3v) is 2.35. The third-order valence-electron chi connectivity index (χ3n) is 2.35. The van der Waals surface area contributed by atoms with Gasteiger partial charge in [0.1, 0.15) is 5.82 Å². The van der Waals surface area contributed by atoms with Crippen LogP contribution in [0.3, 0.4) is 0 Å². The highest BCUT2D eigenvalue weighted by molar-refractivity contribution is 6.20. The number of ether oxygens (including phenoxy) is 1. The van der Waals surface area contributed by atoms with E-state index in [2.05, 4.69) is 4.74 Å². The highest BCUT2D eigenvalue weighted by Gasteiger charge is 2.15. The van der Waals surface area contributed by atoms with Gasteiger partial charge in [-0.1, -0.05) is 0 Å². The minimum absolute atomic E-state index is 0.0347. The molecule has 0 heterocycles. The first-order valence-corrected chi connectivity index (χ1v) is 5.23. The number of benzene rings is 1. The minimum Gasteiger partial charge on any atom is -0.465 e. The van der Waals surface area contributed by atoms with E-state index in [1.54, 1.807) is 6.92 Å². The van der Waals surface area contributed by atoms with Crippen LogP contribution in [0, 0.1) is 5.82 Å². The highest BCUT2D eigenvalue weighted by Crippen LogP contribution is 2.21. The van der Waals surface area contributed by atoms with Crippen molar-refractivity contribution in [2.24, 2.45) is 5.73 Å². The average molecular weight is 251 g/mol. The zero-order valence-corrected chi connectivity index (χ0v) is 10.4. The molecule has 0 unspecified atom stereocenters. The van der Waals surface area contributed by atoms with Crippen molar-refractivity contribution in [2.75, 3.05) is 7.11 Å². The third kappa shape index (κ3) is 2.94. The Bertz CT molecular complexity index is 531. The van der Waals surface area contributed by atoms with E-state index < -0.39 is 11.8 Å². The van der Waals surface area contributed by atoms with Crippen LogP contribution in [0.1, 0.15) is 29.8 Å². The average Bonchev–Trinajstić information content (AvgIpc) is 2.26. The molecule has 1 rings (SSSR count). The number of hydrogen-bond acceptors (Lipinski definition) is 4. The van der Waals surface area contributed by atoms with Gasteiger partial charge in [0.15, 0.2) is 5.78 Å². The molecule has 1 aromatic carbocycles. The van der Waals surface area contributed by atoms with Crippen molar-refractivity contribution in [1.82, 2.24) is 0 Å². The van der Waals surface area contributed by atoms with Crippen LogP contribution in [0.4, 0.5) is 4.39 Å². The molecule has 0 aliphatic heterocycles. The Morgan fingerprint density at radius 3 is 2.17 bits per heavy atom. The van der Waals surface area contributed by atoms with E-state index in [0.717, 1.165) is 12.1 Å². The summed E-state index contributed by atoms with van der Waals surface area (Å²) >= 11 is 0. The van der Waals surface area contributed by atoms with Gasteiger partial charge < -0.3 is 10.5 Å². The van der Waals surface area contributed by atoms with Crippen molar-refractivity contribution >= 4 is 17.3 Å². The number of rotatable bonds is 3. The van der Waals surface area contributed by atoms with Crippen LogP contribution in [-0.4, -0.2) is 18.9 Å². The predicted octanol–water partition coefficient (Wildman–Crippen LogP) is 1.89. The van der Waals surface area contributed by atoms with Gasteiger partial charge in [0.2, 0.25) is 0 Å². The van der Waals surface area contributed by atoms with Crippen LogP contribution in [0.15, 0.2) is 23.9 Å². The molecule has 0 amide bonds. The summed E-state index contributed by atoms with van der Waals surface area (Å²) in [5, 5.41) is 0. The van der Waals surface area contributed by atoms with Gasteiger partial charge in [-0.05, 0) is 37.6 Å². The van der Waals surface area contributed by atoms with E-state index in [1.807, 2.05) is 0 Å². The van der Waals surface area contributed by atoms with Crippen LogP contribution in [0.2, 0.25) is 0 Å². The van der Waals surface area contributed by atoms with Crippen molar-refractivity contribution in [3.05, 3.63) is 40.8 Å². The Balaban J connectivity index is 3.42. The van der Waals surface area contributed by atoms with Crippen LogP contribution >= 0.6 is 0 Å². The number of nitrogens with two attached hydrogens (primary N) is 1. The number of allylic oxidation sites excluding steroid dienone is 2. The number of carbonyl (C=O) groups is 2. The van der Waals surface area contributed by atoms with Gasteiger partial charge in [0.25, 0.3) is 0 Å². The number of halogens is 1. The van der Waals surface area contributed by atoms with Crippen molar-refractivity contribution in [3.8, 4) is 0 Å². The van der Waals surface area contributed by atoms with Gasteiger partial charge in [-0.2, -0.15) is 0 Å². The summed E-state index contributed by atoms with van der Waals surface area (Å²) in [7, 11) is 1.20. The molecular formula is C13H14FNO3. The smallest absolute Gasteiger partial charge is 0.337 e. The zero-order chi connectivity index (χ0) is 13.9. The molecule has 96 valence electrons. The Hall–Kier alpha value is -2.17. The maximum atomic E-state index is 13.4. The molecule has 2 N–H and O–H groups in total. The molecule has 0 fully saturated rings. The quantitative estimate of drug-likeness (QED) is 0.658. The van der Waals surface area contributed by atoms with Gasteiger partial charge in [-0.15, -0.1) is 0 Å². The fourth-order valence-electron chi connectivity index (χ4n) is 1.68. The molecule has 0 aliphatic carbocycles. The van der Waals surface area contributed by atoms with Gasteiger partial charge in [-0.25, -0.2) is 9.18 Å². The molecule has 5 heteroatoms. The number of hydrogen-bond donors (Lipinski definition) is 1. The summed E-state index contributed by atoms with van der Waals surface area (Å²) in [5.74, 6) is -1.60. The SMILES string of the molecule is COC(=O)c1cc(F)cc(/C(C(C)=O)=C(\C)N)c1. The topological polar surface area (TPSA) is 69.4 Å². The van der Waals surface area contributed by atoms with E-state index in [9.17, 15) is 14.0 Å². The first-order chi connectivity index (χ1) is 8.36. The molecule has 18 heavy (non-hydrogen) atoms. The number of carbonyl (C=O) groups excluding carboxylic acids is 2. The molecule has 0 bridgehead atoms. The fourth-order valence-corrected chi connectivity index (χ4v) is 1.68. The van der Waals surface area contributed by atoms with E-state index in [0.29, 0.717) is 0 Å². The molecule has 0 radical (unpaired) electrons. The normalized spacial score (nSPS) is 11.8. The number of esters is 1. The van der Waals surface area contributed by atoms with Gasteiger partial charge in [0.05, 0.1) is 12.7 Å². The predicted molar refractivity (Wildman–Crippen MR) is 65.2 cm³/mol. The molecule has 0 saturated carbocycles. The summed E-state index contributed by atoms with van der Waals surface area (Å²) in [4.78, 5) is 22.8. The summed E-state index contributed by atoms with van der Waals surface area (Å²) in [6.45, 7) is 2.87. The molecule has 0 spiro atoms.